The minimum Gasteiger partial charge on any atom is -0.481 e. The van der Waals surface area contributed by atoms with Crippen molar-refractivity contribution in [2.45, 2.75) is 12.8 Å². The quantitative estimate of drug-likeness (QED) is 0.871. The Kier molecular flexibility index (Phi) is 3.21. The van der Waals surface area contributed by atoms with E-state index in [1.165, 1.54) is 0 Å². The fourth-order valence-electron chi connectivity index (χ4n) is 2.24. The number of nitrogens with one attached hydrogen (secondary N) is 1. The number of carbonyl (C=O) groups excluding carboxylic acids is 1. The molecule has 0 unspecified atom stereocenters. The molecule has 6 heteroatoms. The number of amides is 1. The van der Waals surface area contributed by atoms with Gasteiger partial charge >= 0.3 is 5.97 Å². The van der Waals surface area contributed by atoms with Gasteiger partial charge in [-0.25, -0.2) is 4.68 Å². The molecule has 21 heavy (non-hydrogen) atoms. The normalized spacial score (nSPS) is 15.4. The van der Waals surface area contributed by atoms with Crippen molar-refractivity contribution in [1.29, 1.82) is 0 Å². The number of aliphatic carboxylic acids is 1. The first-order valence-corrected chi connectivity index (χ1v) is 6.73. The van der Waals surface area contributed by atoms with Gasteiger partial charge in [0.25, 0.3) is 5.91 Å². The molecule has 1 amide bonds. The van der Waals surface area contributed by atoms with E-state index in [2.05, 4.69) is 10.4 Å². The van der Waals surface area contributed by atoms with Crippen LogP contribution in [0.3, 0.4) is 0 Å². The van der Waals surface area contributed by atoms with E-state index in [9.17, 15) is 9.59 Å². The van der Waals surface area contributed by atoms with Gasteiger partial charge in [-0.1, -0.05) is 12.1 Å². The lowest BCUT2D eigenvalue weighted by atomic mass is 10.1. The summed E-state index contributed by atoms with van der Waals surface area (Å²) in [5.74, 6) is -1.13. The Labute approximate surface area is 121 Å². The average Bonchev–Trinajstić information content (AvgIpc) is 3.10. The van der Waals surface area contributed by atoms with Crippen molar-refractivity contribution in [1.82, 2.24) is 15.1 Å². The Bertz CT molecular complexity index is 675. The monoisotopic (exact) mass is 285 g/mol. The van der Waals surface area contributed by atoms with E-state index in [0.29, 0.717) is 24.1 Å². The molecule has 108 valence electrons. The Morgan fingerprint density at radius 1 is 1.29 bits per heavy atom. The molecule has 2 aromatic rings. The highest BCUT2D eigenvalue weighted by Crippen LogP contribution is 2.45. The first kappa shape index (κ1) is 13.4. The van der Waals surface area contributed by atoms with Crippen molar-refractivity contribution in [3.63, 3.8) is 0 Å². The van der Waals surface area contributed by atoms with Crippen LogP contribution >= 0.6 is 0 Å². The number of carboxylic acids is 1. The highest BCUT2D eigenvalue weighted by molar-refractivity contribution is 5.98. The molecule has 1 aromatic heterocycles. The number of aromatic nitrogens is 2. The fourth-order valence-corrected chi connectivity index (χ4v) is 2.24. The molecule has 1 heterocycles. The molecule has 1 aliphatic rings. The second-order valence-electron chi connectivity index (χ2n) is 5.24. The molecule has 1 saturated carbocycles. The number of benzene rings is 1. The molecule has 1 fully saturated rings. The third-order valence-electron chi connectivity index (χ3n) is 3.79. The number of rotatable bonds is 5. The third-order valence-corrected chi connectivity index (χ3v) is 3.79. The van der Waals surface area contributed by atoms with E-state index in [4.69, 9.17) is 5.11 Å². The smallest absolute Gasteiger partial charge is 0.311 e. The summed E-state index contributed by atoms with van der Waals surface area (Å²) >= 11 is 0. The van der Waals surface area contributed by atoms with Gasteiger partial charge in [-0.15, -0.1) is 0 Å². The van der Waals surface area contributed by atoms with E-state index >= 15 is 0 Å². The number of nitrogens with zero attached hydrogens (tertiary/aromatic N) is 2. The van der Waals surface area contributed by atoms with Gasteiger partial charge in [-0.3, -0.25) is 9.59 Å². The zero-order valence-electron chi connectivity index (χ0n) is 11.3. The van der Waals surface area contributed by atoms with Crippen LogP contribution in [0.4, 0.5) is 0 Å². The molecule has 0 spiro atoms. The molecule has 3 rings (SSSR count). The van der Waals surface area contributed by atoms with Crippen molar-refractivity contribution in [2.75, 3.05) is 6.54 Å². The molecule has 0 radical (unpaired) electrons. The average molecular weight is 285 g/mol. The molecule has 0 aliphatic heterocycles. The molecule has 1 aromatic carbocycles. The minimum atomic E-state index is -0.844. The summed E-state index contributed by atoms with van der Waals surface area (Å²) in [6.45, 7) is 0.161. The number of hydrogen-bond donors (Lipinski definition) is 2. The molecule has 0 saturated heterocycles. The zero-order chi connectivity index (χ0) is 14.9. The Morgan fingerprint density at radius 2 is 2.05 bits per heavy atom. The minimum absolute atomic E-state index is 0.161. The maximum Gasteiger partial charge on any atom is 0.311 e. The molecule has 2 N–H and O–H groups in total. The third kappa shape index (κ3) is 2.52. The predicted octanol–water partition coefficient (Wildman–Crippen LogP) is 1.47. The van der Waals surface area contributed by atoms with Gasteiger partial charge in [0.1, 0.15) is 0 Å². The highest BCUT2D eigenvalue weighted by Gasteiger charge is 2.50. The van der Waals surface area contributed by atoms with Crippen molar-refractivity contribution in [2.24, 2.45) is 5.41 Å². The summed E-state index contributed by atoms with van der Waals surface area (Å²) < 4.78 is 1.61. The van der Waals surface area contributed by atoms with Crippen molar-refractivity contribution in [3.05, 3.63) is 48.3 Å². The Morgan fingerprint density at radius 3 is 2.67 bits per heavy atom. The van der Waals surface area contributed by atoms with Crippen molar-refractivity contribution in [3.8, 4) is 5.69 Å². The van der Waals surface area contributed by atoms with Crippen molar-refractivity contribution < 1.29 is 14.7 Å². The van der Waals surface area contributed by atoms with Crippen molar-refractivity contribution >= 4 is 11.9 Å². The molecule has 0 atom stereocenters. The van der Waals surface area contributed by atoms with Gasteiger partial charge < -0.3 is 10.4 Å². The Hall–Kier alpha value is -2.63. The predicted molar refractivity (Wildman–Crippen MR) is 75.2 cm³/mol. The number of carboxylic acid groups (broad SMARTS) is 1. The largest absolute Gasteiger partial charge is 0.481 e. The van der Waals surface area contributed by atoms with Crippen LogP contribution < -0.4 is 5.32 Å². The van der Waals surface area contributed by atoms with Gasteiger partial charge in [0.2, 0.25) is 0 Å². The fraction of sp³-hybridized carbons (Fsp3) is 0.267. The lowest BCUT2D eigenvalue weighted by Crippen LogP contribution is -2.34. The summed E-state index contributed by atoms with van der Waals surface area (Å²) in [4.78, 5) is 23.4. The van der Waals surface area contributed by atoms with E-state index < -0.39 is 11.4 Å². The molecule has 0 bridgehead atoms. The van der Waals surface area contributed by atoms with Crippen LogP contribution in [0.5, 0.6) is 0 Å². The van der Waals surface area contributed by atoms with Gasteiger partial charge in [-0.2, -0.15) is 5.10 Å². The van der Waals surface area contributed by atoms with Gasteiger partial charge in [0.15, 0.2) is 0 Å². The first-order valence-electron chi connectivity index (χ1n) is 6.73. The first-order chi connectivity index (χ1) is 10.1. The van der Waals surface area contributed by atoms with Crippen LogP contribution in [0.1, 0.15) is 23.2 Å². The second kappa shape index (κ2) is 5.05. The number of para-hydroxylation sites is 1. The number of hydrogen-bond acceptors (Lipinski definition) is 3. The second-order valence-corrected chi connectivity index (χ2v) is 5.24. The van der Waals surface area contributed by atoms with Crippen LogP contribution in [-0.4, -0.2) is 33.3 Å². The topological polar surface area (TPSA) is 84.2 Å². The molecule has 6 nitrogen and oxygen atoms in total. The zero-order valence-corrected chi connectivity index (χ0v) is 11.3. The van der Waals surface area contributed by atoms with E-state index in [-0.39, 0.29) is 12.5 Å². The molecular weight excluding hydrogens is 270 g/mol. The summed E-state index contributed by atoms with van der Waals surface area (Å²) in [5.41, 5.74) is 0.374. The van der Waals surface area contributed by atoms with Crippen LogP contribution in [0, 0.1) is 5.41 Å². The van der Waals surface area contributed by atoms with Gasteiger partial charge in [0, 0.05) is 18.9 Å². The molecule has 1 aliphatic carbocycles. The van der Waals surface area contributed by atoms with E-state index in [1.54, 1.807) is 41.3 Å². The van der Waals surface area contributed by atoms with E-state index in [1.807, 2.05) is 6.07 Å². The maximum atomic E-state index is 12.3. The standard InChI is InChI=1S/C15H15N3O3/c19-13(16-10-15(6-7-15)14(20)21)11-4-1-2-5-12(11)18-9-3-8-17-18/h1-5,8-9H,6-7,10H2,(H,16,19)(H,20,21). The lowest BCUT2D eigenvalue weighted by Gasteiger charge is -2.13. The SMILES string of the molecule is O=C(NCC1(C(=O)O)CC1)c1ccccc1-n1cccn1. The Balaban J connectivity index is 1.78. The van der Waals surface area contributed by atoms with Crippen LogP contribution in [0.15, 0.2) is 42.7 Å². The van der Waals surface area contributed by atoms with Gasteiger partial charge in [-0.05, 0) is 31.0 Å². The highest BCUT2D eigenvalue weighted by atomic mass is 16.4. The lowest BCUT2D eigenvalue weighted by molar-refractivity contribution is -0.143. The summed E-state index contributed by atoms with van der Waals surface area (Å²) in [6, 6.07) is 8.87. The van der Waals surface area contributed by atoms with Gasteiger partial charge in [0.05, 0.1) is 16.7 Å². The van der Waals surface area contributed by atoms with E-state index in [0.717, 1.165) is 0 Å². The summed E-state index contributed by atoms with van der Waals surface area (Å²) in [6.07, 6.45) is 4.62. The summed E-state index contributed by atoms with van der Waals surface area (Å²) in [5, 5.41) is 16.0. The maximum absolute atomic E-state index is 12.3. The number of carbonyl (C=O) groups is 2. The van der Waals surface area contributed by atoms with Crippen LogP contribution in [-0.2, 0) is 4.79 Å². The summed E-state index contributed by atoms with van der Waals surface area (Å²) in [7, 11) is 0. The van der Waals surface area contributed by atoms with Crippen LogP contribution in [0.2, 0.25) is 0 Å². The molecular formula is C15H15N3O3. The van der Waals surface area contributed by atoms with Crippen LogP contribution in [0.25, 0.3) is 5.69 Å².